The fraction of sp³-hybridized carbons (Fsp3) is 0.130. The number of benzene rings is 3. The number of nitrogens with one attached hydrogen (secondary N) is 2. The van der Waals surface area contributed by atoms with Crippen molar-refractivity contribution in [3.05, 3.63) is 78.4 Å². The zero-order valence-corrected chi connectivity index (χ0v) is 15.8. The van der Waals surface area contributed by atoms with Crippen LogP contribution in [-0.2, 0) is 16.1 Å². The first kappa shape index (κ1) is 18.6. The molecule has 0 aliphatic heterocycles. The van der Waals surface area contributed by atoms with Gasteiger partial charge in [0.25, 0.3) is 0 Å². The molecule has 4 rings (SSSR count). The number of para-hydroxylation sites is 1. The van der Waals surface area contributed by atoms with Gasteiger partial charge in [-0.05, 0) is 36.8 Å². The van der Waals surface area contributed by atoms with Crippen molar-refractivity contribution in [1.29, 1.82) is 0 Å². The number of amides is 2. The molecule has 0 unspecified atom stereocenters. The largest absolute Gasteiger partial charge is 0.456 e. The van der Waals surface area contributed by atoms with Crippen molar-refractivity contribution in [3.8, 4) is 0 Å². The smallest absolute Gasteiger partial charge is 0.408 e. The monoisotopic (exact) mass is 388 g/mol. The van der Waals surface area contributed by atoms with Gasteiger partial charge in [0.1, 0.15) is 23.8 Å². The van der Waals surface area contributed by atoms with E-state index < -0.39 is 12.1 Å². The van der Waals surface area contributed by atoms with E-state index in [-0.39, 0.29) is 12.5 Å². The summed E-state index contributed by atoms with van der Waals surface area (Å²) in [6.45, 7) is 1.75. The van der Waals surface area contributed by atoms with E-state index in [0.29, 0.717) is 5.69 Å². The van der Waals surface area contributed by atoms with Crippen molar-refractivity contribution in [3.63, 3.8) is 0 Å². The molecule has 6 heteroatoms. The number of furan rings is 1. The van der Waals surface area contributed by atoms with E-state index in [1.807, 2.05) is 66.7 Å². The van der Waals surface area contributed by atoms with E-state index in [2.05, 4.69) is 10.6 Å². The number of hydrogen-bond acceptors (Lipinski definition) is 4. The summed E-state index contributed by atoms with van der Waals surface area (Å²) in [5.41, 5.74) is 3.04. The molecule has 6 nitrogen and oxygen atoms in total. The fourth-order valence-corrected chi connectivity index (χ4v) is 3.06. The van der Waals surface area contributed by atoms with Crippen LogP contribution in [0.3, 0.4) is 0 Å². The molecule has 0 radical (unpaired) electrons. The maximum absolute atomic E-state index is 12.5. The Balaban J connectivity index is 1.38. The van der Waals surface area contributed by atoms with Gasteiger partial charge in [0.2, 0.25) is 5.91 Å². The SMILES string of the molecule is C[C@H](NC(=O)OCc1ccccc1)C(=O)Nc1ccc2oc3ccccc3c2c1. The van der Waals surface area contributed by atoms with Crippen LogP contribution in [0, 0.1) is 0 Å². The molecule has 1 heterocycles. The fourth-order valence-electron chi connectivity index (χ4n) is 3.06. The second-order valence-electron chi connectivity index (χ2n) is 6.73. The van der Waals surface area contributed by atoms with E-state index in [0.717, 1.165) is 27.5 Å². The lowest BCUT2D eigenvalue weighted by molar-refractivity contribution is -0.117. The average molecular weight is 388 g/mol. The molecule has 1 atom stereocenters. The van der Waals surface area contributed by atoms with Gasteiger partial charge in [-0.15, -0.1) is 0 Å². The predicted molar refractivity (Wildman–Crippen MR) is 112 cm³/mol. The van der Waals surface area contributed by atoms with Gasteiger partial charge >= 0.3 is 6.09 Å². The summed E-state index contributed by atoms with van der Waals surface area (Å²) in [6, 6.07) is 21.8. The van der Waals surface area contributed by atoms with Gasteiger partial charge in [0, 0.05) is 16.5 Å². The Labute approximate surface area is 167 Å². The van der Waals surface area contributed by atoms with Crippen molar-refractivity contribution in [1.82, 2.24) is 5.32 Å². The predicted octanol–water partition coefficient (Wildman–Crippen LogP) is 4.84. The highest BCUT2D eigenvalue weighted by molar-refractivity contribution is 6.07. The topological polar surface area (TPSA) is 80.6 Å². The van der Waals surface area contributed by atoms with Gasteiger partial charge in [-0.25, -0.2) is 4.79 Å². The van der Waals surface area contributed by atoms with Gasteiger partial charge in [0.15, 0.2) is 0 Å². The van der Waals surface area contributed by atoms with Crippen LogP contribution in [0.5, 0.6) is 0 Å². The van der Waals surface area contributed by atoms with E-state index >= 15 is 0 Å². The van der Waals surface area contributed by atoms with Gasteiger partial charge in [-0.1, -0.05) is 48.5 Å². The Kier molecular flexibility index (Phi) is 5.16. The highest BCUT2D eigenvalue weighted by Gasteiger charge is 2.17. The molecule has 0 aliphatic carbocycles. The van der Waals surface area contributed by atoms with Crippen LogP contribution in [0.1, 0.15) is 12.5 Å². The lowest BCUT2D eigenvalue weighted by Crippen LogP contribution is -2.41. The third-order valence-corrected chi connectivity index (χ3v) is 4.58. The number of carbonyl (C=O) groups excluding carboxylic acids is 2. The molecule has 4 aromatic rings. The minimum Gasteiger partial charge on any atom is -0.456 e. The Bertz CT molecular complexity index is 1170. The molecule has 1 aromatic heterocycles. The molecule has 2 amide bonds. The molecular formula is C23H20N2O4. The van der Waals surface area contributed by atoms with E-state index in [1.165, 1.54) is 0 Å². The second-order valence-corrected chi connectivity index (χ2v) is 6.73. The molecule has 146 valence electrons. The maximum Gasteiger partial charge on any atom is 0.408 e. The molecule has 0 saturated heterocycles. The summed E-state index contributed by atoms with van der Waals surface area (Å²) in [4.78, 5) is 24.4. The first-order valence-corrected chi connectivity index (χ1v) is 9.29. The normalized spacial score (nSPS) is 11.9. The third-order valence-electron chi connectivity index (χ3n) is 4.58. The summed E-state index contributed by atoms with van der Waals surface area (Å²) < 4.78 is 10.9. The molecule has 0 spiro atoms. The van der Waals surface area contributed by atoms with Crippen LogP contribution in [0.4, 0.5) is 10.5 Å². The Morgan fingerprint density at radius 1 is 0.931 bits per heavy atom. The summed E-state index contributed by atoms with van der Waals surface area (Å²) in [5.74, 6) is -0.339. The molecule has 0 saturated carbocycles. The zero-order valence-electron chi connectivity index (χ0n) is 15.8. The number of alkyl carbamates (subject to hydrolysis) is 1. The Hall–Kier alpha value is -3.80. The van der Waals surface area contributed by atoms with Gasteiger partial charge in [-0.2, -0.15) is 0 Å². The molecular weight excluding hydrogens is 368 g/mol. The molecule has 0 fully saturated rings. The van der Waals surface area contributed by atoms with Crippen LogP contribution in [-0.4, -0.2) is 18.0 Å². The van der Waals surface area contributed by atoms with Crippen molar-refractivity contribution < 1.29 is 18.7 Å². The number of anilines is 1. The van der Waals surface area contributed by atoms with Crippen LogP contribution in [0.2, 0.25) is 0 Å². The molecule has 3 aromatic carbocycles. The van der Waals surface area contributed by atoms with Crippen molar-refractivity contribution in [2.75, 3.05) is 5.32 Å². The van der Waals surface area contributed by atoms with E-state index in [9.17, 15) is 9.59 Å². The molecule has 2 N–H and O–H groups in total. The second kappa shape index (κ2) is 8.06. The van der Waals surface area contributed by atoms with Gasteiger partial charge in [-0.3, -0.25) is 4.79 Å². The number of rotatable bonds is 5. The molecule has 0 bridgehead atoms. The van der Waals surface area contributed by atoms with Crippen molar-refractivity contribution in [2.24, 2.45) is 0 Å². The number of fused-ring (bicyclic) bond motifs is 3. The van der Waals surface area contributed by atoms with Gasteiger partial charge < -0.3 is 19.8 Å². The summed E-state index contributed by atoms with van der Waals surface area (Å²) in [7, 11) is 0. The number of carbonyl (C=O) groups is 2. The highest BCUT2D eigenvalue weighted by Crippen LogP contribution is 2.30. The Morgan fingerprint density at radius 2 is 1.66 bits per heavy atom. The molecule has 29 heavy (non-hydrogen) atoms. The third kappa shape index (κ3) is 4.21. The van der Waals surface area contributed by atoms with Crippen molar-refractivity contribution >= 4 is 39.6 Å². The number of hydrogen-bond donors (Lipinski definition) is 2. The van der Waals surface area contributed by atoms with Gasteiger partial charge in [0.05, 0.1) is 0 Å². The minimum absolute atomic E-state index is 0.144. The zero-order chi connectivity index (χ0) is 20.2. The van der Waals surface area contributed by atoms with Crippen molar-refractivity contribution in [2.45, 2.75) is 19.6 Å². The average Bonchev–Trinajstić information content (AvgIpc) is 3.11. The summed E-state index contributed by atoms with van der Waals surface area (Å²) in [6.07, 6.45) is -0.646. The summed E-state index contributed by atoms with van der Waals surface area (Å²) >= 11 is 0. The van der Waals surface area contributed by atoms with Crippen LogP contribution >= 0.6 is 0 Å². The summed E-state index contributed by atoms with van der Waals surface area (Å²) in [5, 5.41) is 7.26. The lowest BCUT2D eigenvalue weighted by atomic mass is 10.1. The first-order chi connectivity index (χ1) is 14.1. The highest BCUT2D eigenvalue weighted by atomic mass is 16.5. The van der Waals surface area contributed by atoms with Crippen LogP contribution in [0.15, 0.2) is 77.2 Å². The van der Waals surface area contributed by atoms with Crippen LogP contribution < -0.4 is 10.6 Å². The number of ether oxygens (including phenoxy) is 1. The minimum atomic E-state index is -0.755. The standard InChI is InChI=1S/C23H20N2O4/c1-15(24-23(27)28-14-16-7-3-2-4-8-16)22(26)25-17-11-12-21-19(13-17)18-9-5-6-10-20(18)29-21/h2-13,15H,14H2,1H3,(H,24,27)(H,25,26)/t15-/m0/s1. The van der Waals surface area contributed by atoms with E-state index in [4.69, 9.17) is 9.15 Å². The lowest BCUT2D eigenvalue weighted by Gasteiger charge is -2.14. The molecule has 0 aliphatic rings. The quantitative estimate of drug-likeness (QED) is 0.513. The maximum atomic E-state index is 12.5. The Morgan fingerprint density at radius 3 is 2.48 bits per heavy atom. The first-order valence-electron chi connectivity index (χ1n) is 9.29. The van der Waals surface area contributed by atoms with E-state index in [1.54, 1.807) is 13.0 Å². The van der Waals surface area contributed by atoms with Crippen LogP contribution in [0.25, 0.3) is 21.9 Å².